The molecule has 222 valence electrons. The number of hydrogen-bond donors (Lipinski definition) is 0. The maximum atomic E-state index is 13.9. The summed E-state index contributed by atoms with van der Waals surface area (Å²) in [5.41, 5.74) is 2.44. The lowest BCUT2D eigenvalue weighted by Crippen LogP contribution is -2.40. The molecular weight excluding hydrogens is 699 g/mol. The number of rotatable bonds is 8. The lowest BCUT2D eigenvalue weighted by Gasteiger charge is -2.25. The van der Waals surface area contributed by atoms with Gasteiger partial charge in [-0.15, -0.1) is 0 Å². The van der Waals surface area contributed by atoms with Gasteiger partial charge in [0.25, 0.3) is 5.56 Å². The van der Waals surface area contributed by atoms with Gasteiger partial charge in [-0.25, -0.2) is 9.79 Å². The molecule has 43 heavy (non-hydrogen) atoms. The van der Waals surface area contributed by atoms with Crippen LogP contribution in [-0.4, -0.2) is 24.3 Å². The third-order valence-corrected chi connectivity index (χ3v) is 9.16. The summed E-state index contributed by atoms with van der Waals surface area (Å²) in [5.74, 6) is 0.375. The number of ether oxygens (including phenoxy) is 3. The molecule has 4 aromatic rings. The van der Waals surface area contributed by atoms with Crippen molar-refractivity contribution in [2.45, 2.75) is 26.5 Å². The normalized spacial score (nSPS) is 14.8. The molecule has 0 saturated heterocycles. The highest BCUT2D eigenvalue weighted by Gasteiger charge is 2.34. The van der Waals surface area contributed by atoms with Crippen LogP contribution in [0.5, 0.6) is 11.5 Å². The number of halogens is 4. The van der Waals surface area contributed by atoms with Crippen molar-refractivity contribution in [1.29, 1.82) is 0 Å². The smallest absolute Gasteiger partial charge is 0.338 e. The minimum atomic E-state index is -0.803. The average molecular weight is 723 g/mol. The quantitative estimate of drug-likeness (QED) is 0.181. The second-order valence-electron chi connectivity index (χ2n) is 9.38. The van der Waals surface area contributed by atoms with Crippen molar-refractivity contribution in [2.24, 2.45) is 4.99 Å². The first kappa shape index (κ1) is 31.3. The van der Waals surface area contributed by atoms with Crippen LogP contribution in [0.1, 0.15) is 36.6 Å². The van der Waals surface area contributed by atoms with E-state index in [1.807, 2.05) is 12.1 Å². The number of fused-ring (bicyclic) bond motifs is 1. The highest BCUT2D eigenvalue weighted by Crippen LogP contribution is 2.38. The van der Waals surface area contributed by atoms with Gasteiger partial charge < -0.3 is 14.2 Å². The van der Waals surface area contributed by atoms with E-state index in [0.29, 0.717) is 57.2 Å². The van der Waals surface area contributed by atoms with Gasteiger partial charge >= 0.3 is 5.97 Å². The van der Waals surface area contributed by atoms with Crippen LogP contribution >= 0.6 is 62.1 Å². The van der Waals surface area contributed by atoms with E-state index in [1.54, 1.807) is 62.4 Å². The molecule has 1 unspecified atom stereocenters. The van der Waals surface area contributed by atoms with E-state index in [-0.39, 0.29) is 24.3 Å². The Morgan fingerprint density at radius 1 is 1.12 bits per heavy atom. The fraction of sp³-hybridized carbons (Fsp3) is 0.194. The molecule has 12 heteroatoms. The molecule has 3 aromatic carbocycles. The molecule has 2 heterocycles. The molecule has 5 rings (SSSR count). The van der Waals surface area contributed by atoms with Gasteiger partial charge in [-0.1, -0.05) is 70.4 Å². The lowest BCUT2D eigenvalue weighted by molar-refractivity contribution is -0.139. The molecule has 7 nitrogen and oxygen atoms in total. The Hall–Kier alpha value is -3.08. The summed E-state index contributed by atoms with van der Waals surface area (Å²) in [7, 11) is 1.53. The van der Waals surface area contributed by atoms with E-state index in [0.717, 1.165) is 5.56 Å². The lowest BCUT2D eigenvalue weighted by atomic mass is 9.96. The van der Waals surface area contributed by atoms with E-state index in [4.69, 9.17) is 49.0 Å². The molecule has 1 aliphatic rings. The second kappa shape index (κ2) is 13.3. The standard InChI is InChI=1S/C31H24BrCl3N2O5S/c1-4-41-30(39)26-16(2)36-31-37(27(26)20-7-5-6-8-22(20)34)29(38)25(43-31)13-17-11-21(32)28(24(12-17)40-3)42-15-18-9-10-19(33)14-23(18)35/h5-14,27H,4,15H2,1-3H3. The molecule has 0 amide bonds. The average Bonchev–Trinajstić information content (AvgIpc) is 3.26. The van der Waals surface area contributed by atoms with Crippen LogP contribution in [0.15, 0.2) is 80.1 Å². The Kier molecular flexibility index (Phi) is 9.68. The minimum Gasteiger partial charge on any atom is -0.493 e. The third kappa shape index (κ3) is 6.42. The predicted molar refractivity (Wildman–Crippen MR) is 173 cm³/mol. The highest BCUT2D eigenvalue weighted by molar-refractivity contribution is 9.10. The largest absolute Gasteiger partial charge is 0.493 e. The zero-order chi connectivity index (χ0) is 30.8. The summed E-state index contributed by atoms with van der Waals surface area (Å²) in [4.78, 5) is 32.1. The Balaban J connectivity index is 1.58. The summed E-state index contributed by atoms with van der Waals surface area (Å²) in [5, 5.41) is 1.45. The molecule has 1 aromatic heterocycles. The van der Waals surface area contributed by atoms with Crippen molar-refractivity contribution in [3.8, 4) is 11.5 Å². The number of allylic oxidation sites excluding steroid dienone is 1. The molecule has 0 saturated carbocycles. The molecule has 0 spiro atoms. The van der Waals surface area contributed by atoms with Gasteiger partial charge in [0.2, 0.25) is 0 Å². The Morgan fingerprint density at radius 3 is 2.58 bits per heavy atom. The number of carbonyl (C=O) groups is 1. The Morgan fingerprint density at radius 2 is 1.88 bits per heavy atom. The summed E-state index contributed by atoms with van der Waals surface area (Å²) in [6.45, 7) is 3.82. The molecule has 1 atom stereocenters. The van der Waals surface area contributed by atoms with Crippen molar-refractivity contribution in [3.05, 3.63) is 122 Å². The van der Waals surface area contributed by atoms with Crippen molar-refractivity contribution >= 4 is 74.1 Å². The molecular formula is C31H24BrCl3N2O5S. The van der Waals surface area contributed by atoms with Gasteiger partial charge in [-0.05, 0) is 77.3 Å². The van der Waals surface area contributed by atoms with Crippen molar-refractivity contribution in [2.75, 3.05) is 13.7 Å². The molecule has 0 radical (unpaired) electrons. The van der Waals surface area contributed by atoms with Gasteiger partial charge in [-0.2, -0.15) is 0 Å². The molecule has 0 bridgehead atoms. The molecule has 1 aliphatic heterocycles. The van der Waals surface area contributed by atoms with Crippen molar-refractivity contribution in [1.82, 2.24) is 4.57 Å². The summed E-state index contributed by atoms with van der Waals surface area (Å²) in [6.07, 6.45) is 1.74. The highest BCUT2D eigenvalue weighted by atomic mass is 79.9. The number of thiazole rings is 1. The van der Waals surface area contributed by atoms with Crippen LogP contribution in [-0.2, 0) is 16.1 Å². The van der Waals surface area contributed by atoms with Crippen LogP contribution < -0.4 is 24.4 Å². The topological polar surface area (TPSA) is 79.1 Å². The number of benzene rings is 3. The number of methoxy groups -OCH3 is 1. The van der Waals surface area contributed by atoms with E-state index in [1.165, 1.54) is 23.0 Å². The Labute approximate surface area is 274 Å². The van der Waals surface area contributed by atoms with Crippen LogP contribution in [0, 0.1) is 0 Å². The van der Waals surface area contributed by atoms with Gasteiger partial charge in [0.05, 0.1) is 34.0 Å². The third-order valence-electron chi connectivity index (χ3n) is 6.65. The fourth-order valence-electron chi connectivity index (χ4n) is 4.69. The van der Waals surface area contributed by atoms with Crippen LogP contribution in [0.3, 0.4) is 0 Å². The van der Waals surface area contributed by atoms with Crippen LogP contribution in [0.2, 0.25) is 15.1 Å². The minimum absolute atomic E-state index is 0.179. The number of hydrogen-bond acceptors (Lipinski definition) is 7. The number of nitrogens with zero attached hydrogens (tertiary/aromatic N) is 2. The summed E-state index contributed by atoms with van der Waals surface area (Å²) in [6, 6.07) is 15.1. The summed E-state index contributed by atoms with van der Waals surface area (Å²) >= 11 is 23.7. The number of carbonyl (C=O) groups excluding carboxylic acids is 1. The van der Waals surface area contributed by atoms with Crippen LogP contribution in [0.25, 0.3) is 6.08 Å². The van der Waals surface area contributed by atoms with E-state index < -0.39 is 12.0 Å². The molecule has 0 aliphatic carbocycles. The maximum Gasteiger partial charge on any atom is 0.338 e. The number of esters is 1. The molecule has 0 fully saturated rings. The fourth-order valence-corrected chi connectivity index (χ4v) is 7.01. The van der Waals surface area contributed by atoms with Crippen LogP contribution in [0.4, 0.5) is 0 Å². The zero-order valence-electron chi connectivity index (χ0n) is 23.1. The SMILES string of the molecule is CCOC(=O)C1=C(C)N=c2sc(=Cc3cc(Br)c(OCc4ccc(Cl)cc4Cl)c(OC)c3)c(=O)n2C1c1ccccc1Cl. The van der Waals surface area contributed by atoms with Gasteiger partial charge in [0, 0.05) is 20.6 Å². The maximum absolute atomic E-state index is 13.9. The van der Waals surface area contributed by atoms with E-state index in [9.17, 15) is 9.59 Å². The monoisotopic (exact) mass is 720 g/mol. The van der Waals surface area contributed by atoms with Crippen molar-refractivity contribution in [3.63, 3.8) is 0 Å². The summed E-state index contributed by atoms with van der Waals surface area (Å²) < 4.78 is 19.5. The van der Waals surface area contributed by atoms with Gasteiger partial charge in [-0.3, -0.25) is 9.36 Å². The van der Waals surface area contributed by atoms with Crippen molar-refractivity contribution < 1.29 is 19.0 Å². The molecule has 0 N–H and O–H groups in total. The Bertz CT molecular complexity index is 1950. The van der Waals surface area contributed by atoms with Gasteiger partial charge in [0.15, 0.2) is 16.3 Å². The van der Waals surface area contributed by atoms with E-state index in [2.05, 4.69) is 20.9 Å². The first-order valence-electron chi connectivity index (χ1n) is 13.0. The van der Waals surface area contributed by atoms with E-state index >= 15 is 0 Å². The first-order valence-corrected chi connectivity index (χ1v) is 15.8. The second-order valence-corrected chi connectivity index (χ2v) is 12.5. The number of aromatic nitrogens is 1. The first-order chi connectivity index (χ1) is 20.6. The predicted octanol–water partition coefficient (Wildman–Crippen LogP) is 7.11. The zero-order valence-corrected chi connectivity index (χ0v) is 27.8. The van der Waals surface area contributed by atoms with Gasteiger partial charge in [0.1, 0.15) is 12.6 Å².